The SMILES string of the molecule is CCC[C@@]12CCCC(CC(CCc3ccc(C4C5C[C@@]6(C)CC4(C(=O)NC4CCC(CN)CC4)C[C@@](c4ccccc4)(C5)C6)cc3)(C(=O)NC3CC4CNC3C4)C1)C2. The van der Waals surface area contributed by atoms with Crippen LogP contribution >= 0.6 is 0 Å². The molecule has 314 valence electrons. The summed E-state index contributed by atoms with van der Waals surface area (Å²) in [6, 6.07) is 21.9. The molecule has 0 aromatic heterocycles. The van der Waals surface area contributed by atoms with E-state index >= 15 is 4.79 Å². The fourth-order valence-electron chi connectivity index (χ4n) is 16.8. The van der Waals surface area contributed by atoms with Gasteiger partial charge in [-0.05, 0) is 185 Å². The lowest BCUT2D eigenvalue weighted by atomic mass is 9.35. The summed E-state index contributed by atoms with van der Waals surface area (Å²) in [7, 11) is 0. The van der Waals surface area contributed by atoms with Gasteiger partial charge in [-0.2, -0.15) is 0 Å². The Morgan fingerprint density at radius 3 is 2.34 bits per heavy atom. The van der Waals surface area contributed by atoms with Crippen LogP contribution in [0, 0.1) is 45.3 Å². The summed E-state index contributed by atoms with van der Waals surface area (Å²) in [6.07, 6.45) is 24.0. The number of carbonyl (C=O) groups is 2. The molecular formula is C52H74N4O2. The van der Waals surface area contributed by atoms with Gasteiger partial charge < -0.3 is 21.7 Å². The Bertz CT molecular complexity index is 1820. The summed E-state index contributed by atoms with van der Waals surface area (Å²) >= 11 is 0. The van der Waals surface area contributed by atoms with Crippen molar-refractivity contribution in [1.82, 2.24) is 16.0 Å². The van der Waals surface area contributed by atoms with Crippen LogP contribution < -0.4 is 21.7 Å². The maximum Gasteiger partial charge on any atom is 0.227 e. The van der Waals surface area contributed by atoms with Gasteiger partial charge in [0, 0.05) is 24.0 Å². The number of rotatable bonds is 12. The lowest BCUT2D eigenvalue weighted by Crippen LogP contribution is -2.66. The molecule has 2 aromatic rings. The topological polar surface area (TPSA) is 96.2 Å². The van der Waals surface area contributed by atoms with Crippen molar-refractivity contribution < 1.29 is 9.59 Å². The lowest BCUT2D eigenvalue weighted by molar-refractivity contribution is -0.168. The Morgan fingerprint density at radius 1 is 0.810 bits per heavy atom. The summed E-state index contributed by atoms with van der Waals surface area (Å²) in [5, 5.41) is 11.1. The number of aryl methyl sites for hydroxylation is 1. The van der Waals surface area contributed by atoms with Crippen molar-refractivity contribution in [3.8, 4) is 0 Å². The van der Waals surface area contributed by atoms with E-state index in [1.807, 2.05) is 0 Å². The third kappa shape index (κ3) is 6.91. The van der Waals surface area contributed by atoms with Gasteiger partial charge in [-0.3, -0.25) is 9.59 Å². The minimum absolute atomic E-state index is 0.0542. The minimum atomic E-state index is -0.416. The quantitative estimate of drug-likeness (QED) is 0.173. The number of amides is 2. The first-order chi connectivity index (χ1) is 28.0. The van der Waals surface area contributed by atoms with Crippen molar-refractivity contribution >= 4 is 11.8 Å². The Hall–Kier alpha value is -2.70. The molecule has 2 amide bonds. The highest BCUT2D eigenvalue weighted by molar-refractivity contribution is 5.85. The van der Waals surface area contributed by atoms with Crippen molar-refractivity contribution in [2.45, 2.75) is 178 Å². The molecule has 5 N–H and O–H groups in total. The van der Waals surface area contributed by atoms with Crippen molar-refractivity contribution in [2.75, 3.05) is 13.1 Å². The zero-order valence-electron chi connectivity index (χ0n) is 36.0. The predicted octanol–water partition coefficient (Wildman–Crippen LogP) is 9.50. The van der Waals surface area contributed by atoms with Crippen LogP contribution in [0.4, 0.5) is 0 Å². The normalized spacial score (nSPS) is 43.6. The molecular weight excluding hydrogens is 713 g/mol. The van der Waals surface area contributed by atoms with E-state index in [2.05, 4.69) is 84.4 Å². The second kappa shape index (κ2) is 15.0. The highest BCUT2D eigenvalue weighted by Crippen LogP contribution is 2.74. The summed E-state index contributed by atoms with van der Waals surface area (Å²) in [4.78, 5) is 30.0. The molecule has 6 heteroatoms. The van der Waals surface area contributed by atoms with E-state index in [0.717, 1.165) is 89.6 Å². The number of nitrogens with one attached hydrogen (secondary N) is 3. The van der Waals surface area contributed by atoms with Crippen LogP contribution in [0.2, 0.25) is 0 Å². The summed E-state index contributed by atoms with van der Waals surface area (Å²) in [5.41, 5.74) is 10.1. The number of fused-ring (bicyclic) bond motifs is 4. The minimum Gasteiger partial charge on any atom is -0.353 e. The molecule has 0 spiro atoms. The summed E-state index contributed by atoms with van der Waals surface area (Å²) < 4.78 is 0. The Kier molecular flexibility index (Phi) is 10.2. The highest BCUT2D eigenvalue weighted by Gasteiger charge is 2.69. The zero-order chi connectivity index (χ0) is 39.8. The van der Waals surface area contributed by atoms with E-state index in [1.165, 1.54) is 80.9 Å². The van der Waals surface area contributed by atoms with E-state index in [9.17, 15) is 4.79 Å². The molecule has 8 saturated carbocycles. The first-order valence-electron chi connectivity index (χ1n) is 24.2. The number of hydrogen-bond acceptors (Lipinski definition) is 4. The lowest BCUT2D eigenvalue weighted by Gasteiger charge is -2.68. The second-order valence-corrected chi connectivity index (χ2v) is 22.8. The van der Waals surface area contributed by atoms with Gasteiger partial charge in [0.05, 0.1) is 10.8 Å². The van der Waals surface area contributed by atoms with Crippen LogP contribution in [0.3, 0.4) is 0 Å². The van der Waals surface area contributed by atoms with E-state index in [1.54, 1.807) is 0 Å². The third-order valence-electron chi connectivity index (χ3n) is 18.6. The molecule has 8 aliphatic carbocycles. The Balaban J connectivity index is 0.925. The number of carbonyl (C=O) groups excluding carboxylic acids is 2. The van der Waals surface area contributed by atoms with Crippen LogP contribution in [0.15, 0.2) is 54.6 Å². The summed E-state index contributed by atoms with van der Waals surface area (Å²) in [6.45, 7) is 6.74. The molecule has 11 rings (SSSR count). The zero-order valence-corrected chi connectivity index (χ0v) is 36.0. The third-order valence-corrected chi connectivity index (χ3v) is 18.6. The molecule has 1 aliphatic heterocycles. The molecule has 58 heavy (non-hydrogen) atoms. The van der Waals surface area contributed by atoms with Crippen LogP contribution in [0.25, 0.3) is 0 Å². The van der Waals surface area contributed by atoms with E-state index < -0.39 is 5.41 Å². The largest absolute Gasteiger partial charge is 0.353 e. The maximum atomic E-state index is 15.2. The molecule has 1 heterocycles. The van der Waals surface area contributed by atoms with Crippen LogP contribution in [-0.2, 0) is 21.4 Å². The van der Waals surface area contributed by atoms with Gasteiger partial charge in [-0.25, -0.2) is 0 Å². The van der Waals surface area contributed by atoms with Crippen molar-refractivity contribution in [3.63, 3.8) is 0 Å². The van der Waals surface area contributed by atoms with Gasteiger partial charge >= 0.3 is 0 Å². The van der Waals surface area contributed by atoms with Crippen molar-refractivity contribution in [2.24, 2.45) is 51.1 Å². The molecule has 0 radical (unpaired) electrons. The van der Waals surface area contributed by atoms with Gasteiger partial charge in [0.1, 0.15) is 0 Å². The van der Waals surface area contributed by atoms with Crippen molar-refractivity contribution in [3.05, 3.63) is 71.3 Å². The summed E-state index contributed by atoms with van der Waals surface area (Å²) in [5.74, 6) is 3.41. The second-order valence-electron chi connectivity index (χ2n) is 22.8. The van der Waals surface area contributed by atoms with Crippen molar-refractivity contribution in [1.29, 1.82) is 0 Å². The first-order valence-corrected chi connectivity index (χ1v) is 24.2. The van der Waals surface area contributed by atoms with Gasteiger partial charge in [0.25, 0.3) is 0 Å². The molecule has 2 aromatic carbocycles. The maximum absolute atomic E-state index is 15.2. The highest BCUT2D eigenvalue weighted by atomic mass is 16.2. The van der Waals surface area contributed by atoms with Gasteiger partial charge in [-0.1, -0.05) is 87.7 Å². The van der Waals surface area contributed by atoms with Crippen LogP contribution in [0.5, 0.6) is 0 Å². The molecule has 9 aliphatic rings. The smallest absolute Gasteiger partial charge is 0.227 e. The van der Waals surface area contributed by atoms with E-state index in [-0.39, 0.29) is 28.2 Å². The average Bonchev–Trinajstić information content (AvgIpc) is 3.84. The van der Waals surface area contributed by atoms with Crippen LogP contribution in [0.1, 0.15) is 165 Å². The molecule has 1 saturated heterocycles. The molecule has 8 unspecified atom stereocenters. The monoisotopic (exact) mass is 787 g/mol. The number of nitrogens with two attached hydrogens (primary N) is 1. The number of benzene rings is 2. The van der Waals surface area contributed by atoms with Gasteiger partial charge in [0.15, 0.2) is 0 Å². The first kappa shape index (κ1) is 39.4. The van der Waals surface area contributed by atoms with E-state index in [0.29, 0.717) is 47.1 Å². The fourth-order valence-corrected chi connectivity index (χ4v) is 16.8. The van der Waals surface area contributed by atoms with Crippen LogP contribution in [-0.4, -0.2) is 43.0 Å². The predicted molar refractivity (Wildman–Crippen MR) is 233 cm³/mol. The Labute approximate surface area is 349 Å². The van der Waals surface area contributed by atoms with Gasteiger partial charge in [-0.15, -0.1) is 0 Å². The van der Waals surface area contributed by atoms with E-state index in [4.69, 9.17) is 5.73 Å². The molecule has 6 nitrogen and oxygen atoms in total. The Morgan fingerprint density at radius 2 is 1.62 bits per heavy atom. The van der Waals surface area contributed by atoms with Gasteiger partial charge in [0.2, 0.25) is 11.8 Å². The average molecular weight is 787 g/mol. The molecule has 8 bridgehead atoms. The fraction of sp³-hybridized carbons (Fsp3) is 0.731. The molecule has 9 fully saturated rings. The number of piperidine rings is 1. The standard InChI is InChI=1S/C52H74N4O2/c1-3-20-49-21-7-8-37(25-49)26-50(33-49,46(57)56-44-24-38-23-43(44)54-30-38)22-19-35-11-15-39(16-12-35)45-40-27-48(2)31-51(28-40,41-9-5-4-6-10-41)34-52(45,32-48)47(58)55-42-17-13-36(29-53)14-18-42/h4-6,9-12,15-16,36-38,40,42-45,54H,3,7-8,13-14,17-34,53H2,1-2H3,(H,55,58)(H,56,57)/t36?,37?,38?,40?,42?,43?,44?,45?,48-,49+,50?,51-,52?/m1/s1. The molecule has 11 atom stereocenters. The number of hydrogen-bond donors (Lipinski definition) is 4.